The second-order valence-corrected chi connectivity index (χ2v) is 5.68. The van der Waals surface area contributed by atoms with Crippen LogP contribution in [0.25, 0.3) is 0 Å². The molecular formula is C15H26N4O2. The Balaban J connectivity index is 1.97. The molecule has 1 aliphatic rings. The molecule has 1 N–H and O–H groups in total. The lowest BCUT2D eigenvalue weighted by molar-refractivity contribution is 0.122. The van der Waals surface area contributed by atoms with E-state index in [1.54, 1.807) is 24.0 Å². The van der Waals surface area contributed by atoms with E-state index < -0.39 is 0 Å². The summed E-state index contributed by atoms with van der Waals surface area (Å²) in [6, 6.07) is 0.697. The Kier molecular flexibility index (Phi) is 5.76. The van der Waals surface area contributed by atoms with E-state index in [2.05, 4.69) is 22.1 Å². The molecule has 6 heteroatoms. The van der Waals surface area contributed by atoms with Crippen LogP contribution in [0.1, 0.15) is 26.7 Å². The number of nitrogens with one attached hydrogen (secondary N) is 1. The summed E-state index contributed by atoms with van der Waals surface area (Å²) in [4.78, 5) is 18.5. The number of ether oxygens (including phenoxy) is 1. The fourth-order valence-electron chi connectivity index (χ4n) is 2.75. The predicted molar refractivity (Wildman–Crippen MR) is 83.8 cm³/mol. The largest absolute Gasteiger partial charge is 0.380 e. The zero-order valence-corrected chi connectivity index (χ0v) is 13.2. The van der Waals surface area contributed by atoms with Gasteiger partial charge in [-0.15, -0.1) is 0 Å². The standard InChI is InChI=1S/C15H26N4O2/c1-4-21-11-12(2)17-13-6-5-8-19(10-13)14-15(20)18(3)9-7-16-14/h7,9,12-13,17H,4-6,8,10-11H2,1-3H3/t12-,13-/m0/s1. The summed E-state index contributed by atoms with van der Waals surface area (Å²) >= 11 is 0. The maximum Gasteiger partial charge on any atom is 0.293 e. The highest BCUT2D eigenvalue weighted by Gasteiger charge is 2.23. The van der Waals surface area contributed by atoms with E-state index in [0.29, 0.717) is 17.9 Å². The van der Waals surface area contributed by atoms with E-state index in [1.165, 1.54) is 0 Å². The molecule has 0 aliphatic carbocycles. The van der Waals surface area contributed by atoms with Gasteiger partial charge in [0.2, 0.25) is 0 Å². The van der Waals surface area contributed by atoms with E-state index >= 15 is 0 Å². The first kappa shape index (κ1) is 16.0. The molecule has 0 amide bonds. The van der Waals surface area contributed by atoms with Crippen LogP contribution < -0.4 is 15.8 Å². The molecule has 0 unspecified atom stereocenters. The topological polar surface area (TPSA) is 59.4 Å². The highest BCUT2D eigenvalue weighted by Crippen LogP contribution is 2.15. The van der Waals surface area contributed by atoms with Gasteiger partial charge in [-0.05, 0) is 26.7 Å². The minimum Gasteiger partial charge on any atom is -0.380 e. The predicted octanol–water partition coefficient (Wildman–Crippen LogP) is 0.764. The molecule has 2 rings (SSSR count). The molecule has 0 saturated carbocycles. The summed E-state index contributed by atoms with van der Waals surface area (Å²) in [5, 5.41) is 3.58. The maximum absolute atomic E-state index is 12.2. The van der Waals surface area contributed by atoms with Crippen molar-refractivity contribution in [2.24, 2.45) is 7.05 Å². The van der Waals surface area contributed by atoms with E-state index in [-0.39, 0.29) is 5.56 Å². The third-order valence-corrected chi connectivity index (χ3v) is 3.81. The maximum atomic E-state index is 12.2. The monoisotopic (exact) mass is 294 g/mol. The Morgan fingerprint density at radius 3 is 3.14 bits per heavy atom. The van der Waals surface area contributed by atoms with Gasteiger partial charge in [0.05, 0.1) is 6.61 Å². The van der Waals surface area contributed by atoms with Gasteiger partial charge in [-0.2, -0.15) is 0 Å². The van der Waals surface area contributed by atoms with Crippen LogP contribution in [0.15, 0.2) is 17.2 Å². The number of anilines is 1. The van der Waals surface area contributed by atoms with Crippen molar-refractivity contribution in [2.45, 2.75) is 38.8 Å². The van der Waals surface area contributed by atoms with E-state index in [1.807, 2.05) is 6.92 Å². The highest BCUT2D eigenvalue weighted by atomic mass is 16.5. The first-order chi connectivity index (χ1) is 10.1. The number of aryl methyl sites for hydroxylation is 1. The lowest BCUT2D eigenvalue weighted by Gasteiger charge is -2.35. The molecule has 118 valence electrons. The van der Waals surface area contributed by atoms with Crippen molar-refractivity contribution in [1.82, 2.24) is 14.9 Å². The fourth-order valence-corrected chi connectivity index (χ4v) is 2.75. The Bertz CT molecular complexity index is 503. The molecule has 2 atom stereocenters. The highest BCUT2D eigenvalue weighted by molar-refractivity contribution is 5.36. The third kappa shape index (κ3) is 4.28. The van der Waals surface area contributed by atoms with Gasteiger partial charge in [0.1, 0.15) is 0 Å². The Morgan fingerprint density at radius 2 is 2.38 bits per heavy atom. The summed E-state index contributed by atoms with van der Waals surface area (Å²) in [6.45, 7) is 7.32. The molecule has 1 aliphatic heterocycles. The van der Waals surface area contributed by atoms with Crippen molar-refractivity contribution in [3.63, 3.8) is 0 Å². The second-order valence-electron chi connectivity index (χ2n) is 5.68. The number of piperidine rings is 1. The van der Waals surface area contributed by atoms with Crippen LogP contribution in [0.5, 0.6) is 0 Å². The van der Waals surface area contributed by atoms with Crippen LogP contribution in [-0.2, 0) is 11.8 Å². The molecule has 1 fully saturated rings. The molecule has 21 heavy (non-hydrogen) atoms. The molecular weight excluding hydrogens is 268 g/mol. The molecule has 1 aromatic rings. The number of nitrogens with zero attached hydrogens (tertiary/aromatic N) is 3. The van der Waals surface area contributed by atoms with E-state index in [0.717, 1.165) is 39.1 Å². The van der Waals surface area contributed by atoms with Crippen molar-refractivity contribution in [3.05, 3.63) is 22.7 Å². The van der Waals surface area contributed by atoms with Gasteiger partial charge >= 0.3 is 0 Å². The normalized spacial score (nSPS) is 20.5. The minimum absolute atomic E-state index is 0.0273. The van der Waals surface area contributed by atoms with Crippen LogP contribution in [0.2, 0.25) is 0 Å². The number of hydrogen-bond donors (Lipinski definition) is 1. The minimum atomic E-state index is -0.0273. The van der Waals surface area contributed by atoms with Gasteiger partial charge in [0, 0.05) is 51.2 Å². The zero-order valence-electron chi connectivity index (χ0n) is 13.2. The van der Waals surface area contributed by atoms with Crippen LogP contribution in [0, 0.1) is 0 Å². The number of rotatable bonds is 6. The summed E-state index contributed by atoms with van der Waals surface area (Å²) in [5.74, 6) is 0.559. The molecule has 1 saturated heterocycles. The fraction of sp³-hybridized carbons (Fsp3) is 0.733. The summed E-state index contributed by atoms with van der Waals surface area (Å²) < 4.78 is 7.02. The Hall–Kier alpha value is -1.40. The molecule has 0 bridgehead atoms. The smallest absolute Gasteiger partial charge is 0.293 e. The van der Waals surface area contributed by atoms with Crippen LogP contribution in [-0.4, -0.2) is 47.9 Å². The number of aromatic nitrogens is 2. The molecule has 2 heterocycles. The van der Waals surface area contributed by atoms with Crippen LogP contribution in [0.4, 0.5) is 5.82 Å². The lowest BCUT2D eigenvalue weighted by atomic mass is 10.0. The number of hydrogen-bond acceptors (Lipinski definition) is 5. The van der Waals surface area contributed by atoms with Crippen molar-refractivity contribution in [3.8, 4) is 0 Å². The molecule has 1 aromatic heterocycles. The van der Waals surface area contributed by atoms with Crippen LogP contribution in [0.3, 0.4) is 0 Å². The first-order valence-corrected chi connectivity index (χ1v) is 7.72. The van der Waals surface area contributed by atoms with Gasteiger partial charge in [-0.25, -0.2) is 4.98 Å². The summed E-state index contributed by atoms with van der Waals surface area (Å²) in [7, 11) is 1.76. The van der Waals surface area contributed by atoms with Crippen molar-refractivity contribution in [2.75, 3.05) is 31.2 Å². The molecule has 0 radical (unpaired) electrons. The van der Waals surface area contributed by atoms with E-state index in [4.69, 9.17) is 4.74 Å². The summed E-state index contributed by atoms with van der Waals surface area (Å²) in [5.41, 5.74) is -0.0273. The van der Waals surface area contributed by atoms with Gasteiger partial charge in [0.15, 0.2) is 5.82 Å². The molecule has 0 aromatic carbocycles. The van der Waals surface area contributed by atoms with Gasteiger partial charge in [0.25, 0.3) is 5.56 Å². The first-order valence-electron chi connectivity index (χ1n) is 7.72. The SMILES string of the molecule is CCOC[C@H](C)N[C@H]1CCCN(c2nccn(C)c2=O)C1. The quantitative estimate of drug-likeness (QED) is 0.839. The van der Waals surface area contributed by atoms with Gasteiger partial charge in [-0.3, -0.25) is 4.79 Å². The van der Waals surface area contributed by atoms with Crippen molar-refractivity contribution in [1.29, 1.82) is 0 Å². The Morgan fingerprint density at radius 1 is 1.57 bits per heavy atom. The van der Waals surface area contributed by atoms with Crippen LogP contribution >= 0.6 is 0 Å². The van der Waals surface area contributed by atoms with Gasteiger partial charge in [-0.1, -0.05) is 0 Å². The second kappa shape index (κ2) is 7.56. The molecule has 6 nitrogen and oxygen atoms in total. The summed E-state index contributed by atoms with van der Waals surface area (Å²) in [6.07, 6.45) is 5.57. The van der Waals surface area contributed by atoms with Crippen molar-refractivity contribution < 1.29 is 4.74 Å². The molecule has 0 spiro atoms. The van der Waals surface area contributed by atoms with E-state index in [9.17, 15) is 4.79 Å². The average Bonchev–Trinajstić information content (AvgIpc) is 2.48. The average molecular weight is 294 g/mol. The lowest BCUT2D eigenvalue weighted by Crippen LogP contribution is -2.51. The Labute approximate surface area is 126 Å². The van der Waals surface area contributed by atoms with Crippen molar-refractivity contribution >= 4 is 5.82 Å². The zero-order chi connectivity index (χ0) is 15.2. The third-order valence-electron chi connectivity index (χ3n) is 3.81. The van der Waals surface area contributed by atoms with Gasteiger partial charge < -0.3 is 19.5 Å².